The molecule has 0 saturated heterocycles. The lowest BCUT2D eigenvalue weighted by atomic mass is 9.96. The second-order valence-corrected chi connectivity index (χ2v) is 8.86. The zero-order chi connectivity index (χ0) is 23.0. The Morgan fingerprint density at radius 1 is 0.781 bits per heavy atom. The predicted octanol–water partition coefficient (Wildman–Crippen LogP) is 8.18. The minimum Gasteiger partial charge on any atom is -0.507 e. The van der Waals surface area contributed by atoms with Gasteiger partial charge in [-0.05, 0) is 30.5 Å². The minimum absolute atomic E-state index is 0.0755. The van der Waals surface area contributed by atoms with Crippen LogP contribution in [0.3, 0.4) is 0 Å². The normalized spacial score (nSPS) is 11.0. The van der Waals surface area contributed by atoms with E-state index in [0.29, 0.717) is 11.3 Å². The minimum atomic E-state index is -1.13. The molecule has 2 rings (SSSR count). The van der Waals surface area contributed by atoms with E-state index in [2.05, 4.69) is 11.9 Å². The van der Waals surface area contributed by atoms with Gasteiger partial charge in [0.2, 0.25) is 0 Å². The van der Waals surface area contributed by atoms with Crippen molar-refractivity contribution in [2.45, 2.75) is 103 Å². The van der Waals surface area contributed by atoms with Crippen LogP contribution in [0.15, 0.2) is 36.5 Å². The molecule has 0 aliphatic rings. The molecule has 4 heteroatoms. The Hall–Kier alpha value is -2.36. The number of aromatic carboxylic acids is 1. The van der Waals surface area contributed by atoms with E-state index in [9.17, 15) is 15.0 Å². The largest absolute Gasteiger partial charge is 0.507 e. The topological polar surface area (TPSA) is 70.4 Å². The Bertz CT molecular complexity index is 803. The van der Waals surface area contributed by atoms with Gasteiger partial charge in [0.15, 0.2) is 0 Å². The van der Waals surface area contributed by atoms with Crippen molar-refractivity contribution in [3.05, 3.63) is 47.7 Å². The van der Waals surface area contributed by atoms with Gasteiger partial charge in [-0.25, -0.2) is 4.79 Å². The Morgan fingerprint density at radius 3 is 1.91 bits per heavy atom. The summed E-state index contributed by atoms with van der Waals surface area (Å²) in [7, 11) is 0. The first-order valence-corrected chi connectivity index (χ1v) is 12.6. The molecule has 176 valence electrons. The van der Waals surface area contributed by atoms with E-state index in [0.717, 1.165) is 18.4 Å². The van der Waals surface area contributed by atoms with E-state index >= 15 is 0 Å². The standard InChI is InChI=1S/C28H41NO3/c1-2-3-4-5-6-7-8-9-10-11-12-13-14-15-18-23-19-17-22-29-27(23)24-20-16-21-25(30)26(24)28(31)32/h16-17,19-22,30H,2-15,18H2,1H3,(H,31,32). The summed E-state index contributed by atoms with van der Waals surface area (Å²) in [5, 5.41) is 19.5. The molecule has 0 fully saturated rings. The van der Waals surface area contributed by atoms with Crippen molar-refractivity contribution < 1.29 is 15.0 Å². The van der Waals surface area contributed by atoms with Crippen molar-refractivity contribution in [1.82, 2.24) is 4.98 Å². The summed E-state index contributed by atoms with van der Waals surface area (Å²) < 4.78 is 0. The Morgan fingerprint density at radius 2 is 1.34 bits per heavy atom. The molecule has 4 nitrogen and oxygen atoms in total. The van der Waals surface area contributed by atoms with Crippen LogP contribution < -0.4 is 0 Å². The number of benzene rings is 1. The molecule has 0 saturated carbocycles. The fourth-order valence-electron chi connectivity index (χ4n) is 4.36. The van der Waals surface area contributed by atoms with Crippen molar-refractivity contribution in [2.24, 2.45) is 0 Å². The monoisotopic (exact) mass is 439 g/mol. The third kappa shape index (κ3) is 9.02. The van der Waals surface area contributed by atoms with Gasteiger partial charge in [0.05, 0.1) is 5.69 Å². The van der Waals surface area contributed by atoms with Crippen molar-refractivity contribution in [3.8, 4) is 17.0 Å². The molecule has 0 radical (unpaired) electrons. The van der Waals surface area contributed by atoms with Crippen molar-refractivity contribution >= 4 is 5.97 Å². The van der Waals surface area contributed by atoms with Gasteiger partial charge >= 0.3 is 5.97 Å². The van der Waals surface area contributed by atoms with Crippen LogP contribution in [0, 0.1) is 0 Å². The van der Waals surface area contributed by atoms with Gasteiger partial charge < -0.3 is 10.2 Å². The second kappa shape index (κ2) is 15.4. The number of carbonyl (C=O) groups is 1. The highest BCUT2D eigenvalue weighted by molar-refractivity contribution is 5.98. The molecule has 1 heterocycles. The molecule has 0 amide bonds. The van der Waals surface area contributed by atoms with Crippen molar-refractivity contribution in [1.29, 1.82) is 0 Å². The summed E-state index contributed by atoms with van der Waals surface area (Å²) in [5.74, 6) is -1.35. The summed E-state index contributed by atoms with van der Waals surface area (Å²) >= 11 is 0. The van der Waals surface area contributed by atoms with Gasteiger partial charge in [-0.3, -0.25) is 4.98 Å². The summed E-state index contributed by atoms with van der Waals surface area (Å²) in [6.07, 6.45) is 21.2. The van der Waals surface area contributed by atoms with Gasteiger partial charge in [-0.15, -0.1) is 0 Å². The molecule has 0 spiro atoms. The van der Waals surface area contributed by atoms with E-state index in [1.165, 1.54) is 89.5 Å². The highest BCUT2D eigenvalue weighted by Crippen LogP contribution is 2.31. The van der Waals surface area contributed by atoms with E-state index in [1.807, 2.05) is 12.1 Å². The number of nitrogens with zero attached hydrogens (tertiary/aromatic N) is 1. The lowest BCUT2D eigenvalue weighted by Gasteiger charge is -2.12. The van der Waals surface area contributed by atoms with Gasteiger partial charge in [0, 0.05) is 11.8 Å². The number of carboxylic acids is 1. The lowest BCUT2D eigenvalue weighted by molar-refractivity contribution is 0.0694. The summed E-state index contributed by atoms with van der Waals surface area (Å²) in [4.78, 5) is 16.1. The van der Waals surface area contributed by atoms with Gasteiger partial charge in [0.1, 0.15) is 11.3 Å². The quantitative estimate of drug-likeness (QED) is 0.244. The molecular formula is C28H41NO3. The van der Waals surface area contributed by atoms with Crippen LogP contribution in [0.2, 0.25) is 0 Å². The molecule has 0 atom stereocenters. The Labute approximate surface area is 194 Å². The molecule has 0 aliphatic heterocycles. The van der Waals surface area contributed by atoms with Gasteiger partial charge in [-0.1, -0.05) is 109 Å². The average Bonchev–Trinajstić information content (AvgIpc) is 2.79. The number of aromatic nitrogens is 1. The third-order valence-corrected chi connectivity index (χ3v) is 6.20. The van der Waals surface area contributed by atoms with Crippen LogP contribution in [0.4, 0.5) is 0 Å². The summed E-state index contributed by atoms with van der Waals surface area (Å²) in [6.45, 7) is 2.27. The number of unbranched alkanes of at least 4 members (excludes halogenated alkanes) is 13. The number of aryl methyl sites for hydroxylation is 1. The highest BCUT2D eigenvalue weighted by Gasteiger charge is 2.19. The number of pyridine rings is 1. The lowest BCUT2D eigenvalue weighted by Crippen LogP contribution is -2.03. The number of hydrogen-bond donors (Lipinski definition) is 2. The molecule has 2 N–H and O–H groups in total. The van der Waals surface area contributed by atoms with E-state index < -0.39 is 5.97 Å². The molecule has 1 aromatic carbocycles. The maximum atomic E-state index is 11.6. The van der Waals surface area contributed by atoms with Crippen LogP contribution in [-0.4, -0.2) is 21.2 Å². The summed E-state index contributed by atoms with van der Waals surface area (Å²) in [6, 6.07) is 8.71. The predicted molar refractivity (Wildman–Crippen MR) is 132 cm³/mol. The molecule has 1 aromatic heterocycles. The summed E-state index contributed by atoms with van der Waals surface area (Å²) in [5.41, 5.74) is 2.11. The van der Waals surface area contributed by atoms with E-state index in [4.69, 9.17) is 0 Å². The number of phenols is 1. The molecular weight excluding hydrogens is 398 g/mol. The Kier molecular flexibility index (Phi) is 12.5. The number of hydrogen-bond acceptors (Lipinski definition) is 3. The fraction of sp³-hybridized carbons (Fsp3) is 0.571. The van der Waals surface area contributed by atoms with Gasteiger partial charge in [0.25, 0.3) is 0 Å². The van der Waals surface area contributed by atoms with Crippen LogP contribution in [0.1, 0.15) is 113 Å². The molecule has 32 heavy (non-hydrogen) atoms. The zero-order valence-corrected chi connectivity index (χ0v) is 19.8. The number of rotatable bonds is 17. The molecule has 2 aromatic rings. The second-order valence-electron chi connectivity index (χ2n) is 8.86. The SMILES string of the molecule is CCCCCCCCCCCCCCCCc1cccnc1-c1cccc(O)c1C(=O)O. The van der Waals surface area contributed by atoms with E-state index in [-0.39, 0.29) is 11.3 Å². The maximum Gasteiger partial charge on any atom is 0.340 e. The fourth-order valence-corrected chi connectivity index (χ4v) is 4.36. The third-order valence-electron chi connectivity index (χ3n) is 6.20. The van der Waals surface area contributed by atoms with Gasteiger partial charge in [-0.2, -0.15) is 0 Å². The van der Waals surface area contributed by atoms with Crippen LogP contribution in [0.5, 0.6) is 5.75 Å². The van der Waals surface area contributed by atoms with Crippen LogP contribution in [-0.2, 0) is 6.42 Å². The molecule has 0 aliphatic carbocycles. The first-order chi connectivity index (χ1) is 15.6. The average molecular weight is 440 g/mol. The maximum absolute atomic E-state index is 11.6. The first kappa shape index (κ1) is 25.9. The Balaban J connectivity index is 1.66. The highest BCUT2D eigenvalue weighted by atomic mass is 16.4. The number of aromatic hydroxyl groups is 1. The van der Waals surface area contributed by atoms with Crippen LogP contribution in [0.25, 0.3) is 11.3 Å². The smallest absolute Gasteiger partial charge is 0.340 e. The van der Waals surface area contributed by atoms with Crippen molar-refractivity contribution in [2.75, 3.05) is 0 Å². The molecule has 0 unspecified atom stereocenters. The number of carboxylic acid groups (broad SMARTS) is 1. The van der Waals surface area contributed by atoms with E-state index in [1.54, 1.807) is 18.3 Å². The first-order valence-electron chi connectivity index (χ1n) is 12.6. The zero-order valence-electron chi connectivity index (χ0n) is 19.8. The van der Waals surface area contributed by atoms with Crippen LogP contribution >= 0.6 is 0 Å². The van der Waals surface area contributed by atoms with Crippen molar-refractivity contribution in [3.63, 3.8) is 0 Å². The molecule has 0 bridgehead atoms.